The summed E-state index contributed by atoms with van der Waals surface area (Å²) in [6, 6.07) is 5.25. The molecule has 0 unspecified atom stereocenters. The largest absolute Gasteiger partial charge is 0.365 e. The van der Waals surface area contributed by atoms with Crippen LogP contribution in [0.4, 0.5) is 4.39 Å². The van der Waals surface area contributed by atoms with Crippen molar-refractivity contribution in [1.82, 2.24) is 0 Å². The van der Waals surface area contributed by atoms with Gasteiger partial charge in [0.25, 0.3) is 5.91 Å². The number of rotatable bonds is 2. The lowest BCUT2D eigenvalue weighted by atomic mass is 10.1. The molecule has 1 rings (SSSR count). The van der Waals surface area contributed by atoms with Gasteiger partial charge in [0.2, 0.25) is 0 Å². The second-order valence-corrected chi connectivity index (χ2v) is 3.11. The van der Waals surface area contributed by atoms with Crippen molar-refractivity contribution in [3.63, 3.8) is 0 Å². The van der Waals surface area contributed by atoms with Crippen LogP contribution in [0.25, 0.3) is 6.08 Å². The molecule has 15 heavy (non-hydrogen) atoms. The van der Waals surface area contributed by atoms with E-state index in [-0.39, 0.29) is 10.6 Å². The highest BCUT2D eigenvalue weighted by Crippen LogP contribution is 2.19. The summed E-state index contributed by atoms with van der Waals surface area (Å²) in [4.78, 5) is 10.7. The van der Waals surface area contributed by atoms with E-state index in [2.05, 4.69) is 0 Å². The molecule has 1 aromatic carbocycles. The van der Waals surface area contributed by atoms with E-state index in [0.29, 0.717) is 5.56 Å². The highest BCUT2D eigenvalue weighted by atomic mass is 35.5. The molecule has 0 saturated carbocycles. The Morgan fingerprint density at radius 1 is 1.60 bits per heavy atom. The maximum atomic E-state index is 12.7. The Kier molecular flexibility index (Phi) is 3.42. The van der Waals surface area contributed by atoms with E-state index in [1.165, 1.54) is 18.2 Å². The summed E-state index contributed by atoms with van der Waals surface area (Å²) in [6.45, 7) is 0. The minimum atomic E-state index is -0.849. The van der Waals surface area contributed by atoms with Crippen LogP contribution in [0.15, 0.2) is 23.8 Å². The predicted octanol–water partition coefficient (Wildman–Crippen LogP) is 1.87. The van der Waals surface area contributed by atoms with Crippen LogP contribution in [0.1, 0.15) is 5.56 Å². The second kappa shape index (κ2) is 4.58. The molecule has 76 valence electrons. The first-order chi connectivity index (χ1) is 7.04. The lowest BCUT2D eigenvalue weighted by molar-refractivity contribution is -0.114. The first-order valence-corrected chi connectivity index (χ1v) is 4.29. The smallest absolute Gasteiger partial charge is 0.259 e. The molecule has 0 aromatic heterocycles. The summed E-state index contributed by atoms with van der Waals surface area (Å²) in [5.41, 5.74) is 5.06. The highest BCUT2D eigenvalue weighted by molar-refractivity contribution is 6.32. The van der Waals surface area contributed by atoms with Crippen molar-refractivity contribution in [2.45, 2.75) is 0 Å². The van der Waals surface area contributed by atoms with Crippen molar-refractivity contribution in [1.29, 1.82) is 5.26 Å². The lowest BCUT2D eigenvalue weighted by Gasteiger charge is -1.98. The molecule has 0 saturated heterocycles. The van der Waals surface area contributed by atoms with Gasteiger partial charge >= 0.3 is 0 Å². The number of primary amides is 1. The van der Waals surface area contributed by atoms with Gasteiger partial charge in [-0.15, -0.1) is 0 Å². The van der Waals surface area contributed by atoms with Crippen LogP contribution in [0.2, 0.25) is 5.02 Å². The summed E-state index contributed by atoms with van der Waals surface area (Å²) < 4.78 is 12.7. The third-order valence-electron chi connectivity index (χ3n) is 1.65. The van der Waals surface area contributed by atoms with Gasteiger partial charge in [-0.3, -0.25) is 4.79 Å². The molecule has 0 aliphatic carbocycles. The molecule has 0 bridgehead atoms. The third-order valence-corrected chi connectivity index (χ3v) is 1.98. The van der Waals surface area contributed by atoms with Gasteiger partial charge in [0, 0.05) is 0 Å². The number of halogens is 2. The van der Waals surface area contributed by atoms with Crippen molar-refractivity contribution < 1.29 is 9.18 Å². The van der Waals surface area contributed by atoms with Gasteiger partial charge < -0.3 is 5.73 Å². The van der Waals surface area contributed by atoms with Gasteiger partial charge in [-0.25, -0.2) is 4.39 Å². The van der Waals surface area contributed by atoms with Crippen LogP contribution in [-0.2, 0) is 4.79 Å². The quantitative estimate of drug-likeness (QED) is 0.616. The summed E-state index contributed by atoms with van der Waals surface area (Å²) in [7, 11) is 0. The van der Waals surface area contributed by atoms with E-state index in [1.54, 1.807) is 6.07 Å². The van der Waals surface area contributed by atoms with E-state index < -0.39 is 11.7 Å². The summed E-state index contributed by atoms with van der Waals surface area (Å²) in [6.07, 6.45) is 1.21. The van der Waals surface area contributed by atoms with Gasteiger partial charge in [0.1, 0.15) is 17.5 Å². The monoisotopic (exact) mass is 224 g/mol. The molecule has 0 atom stereocenters. The van der Waals surface area contributed by atoms with Crippen molar-refractivity contribution in [3.05, 3.63) is 40.2 Å². The molecule has 0 heterocycles. The second-order valence-electron chi connectivity index (χ2n) is 2.70. The van der Waals surface area contributed by atoms with Crippen molar-refractivity contribution in [3.8, 4) is 6.07 Å². The van der Waals surface area contributed by atoms with Crippen LogP contribution in [0.5, 0.6) is 0 Å². The molecule has 0 spiro atoms. The minimum Gasteiger partial charge on any atom is -0.365 e. The van der Waals surface area contributed by atoms with E-state index in [0.717, 1.165) is 6.07 Å². The number of carbonyl (C=O) groups is 1. The third kappa shape index (κ3) is 2.79. The zero-order valence-corrected chi connectivity index (χ0v) is 8.25. The molecule has 1 amide bonds. The van der Waals surface area contributed by atoms with E-state index in [1.807, 2.05) is 0 Å². The first kappa shape index (κ1) is 11.2. The lowest BCUT2D eigenvalue weighted by Crippen LogP contribution is -2.12. The van der Waals surface area contributed by atoms with E-state index >= 15 is 0 Å². The fourth-order valence-corrected chi connectivity index (χ4v) is 1.15. The van der Waals surface area contributed by atoms with Gasteiger partial charge in [0.05, 0.1) is 5.02 Å². The SMILES string of the molecule is N#C/C(=C\c1ccc(F)cc1Cl)C(N)=O. The maximum absolute atomic E-state index is 12.7. The minimum absolute atomic E-state index is 0.115. The molecule has 0 radical (unpaired) electrons. The number of carbonyl (C=O) groups excluding carboxylic acids is 1. The fraction of sp³-hybridized carbons (Fsp3) is 0. The van der Waals surface area contributed by atoms with Crippen LogP contribution in [0, 0.1) is 17.1 Å². The van der Waals surface area contributed by atoms with Gasteiger partial charge in [-0.05, 0) is 23.8 Å². The van der Waals surface area contributed by atoms with Gasteiger partial charge in [-0.1, -0.05) is 17.7 Å². The summed E-state index contributed by atoms with van der Waals surface area (Å²) in [5, 5.41) is 8.68. The van der Waals surface area contributed by atoms with Crippen molar-refractivity contribution in [2.75, 3.05) is 0 Å². The first-order valence-electron chi connectivity index (χ1n) is 3.91. The van der Waals surface area contributed by atoms with Crippen LogP contribution in [0.3, 0.4) is 0 Å². The fourth-order valence-electron chi connectivity index (χ4n) is 0.933. The Balaban J connectivity index is 3.19. The standard InChI is InChI=1S/C10H6ClFN2O/c11-9-4-8(12)2-1-6(9)3-7(5-13)10(14)15/h1-4H,(H2,14,15)/b7-3+. The van der Waals surface area contributed by atoms with Crippen LogP contribution >= 0.6 is 11.6 Å². The van der Waals surface area contributed by atoms with Crippen molar-refractivity contribution >= 4 is 23.6 Å². The number of amides is 1. The molecule has 0 aliphatic heterocycles. The number of hydrogen-bond acceptors (Lipinski definition) is 2. The average molecular weight is 225 g/mol. The molecular weight excluding hydrogens is 219 g/mol. The maximum Gasteiger partial charge on any atom is 0.259 e. The predicted molar refractivity (Wildman–Crippen MR) is 54.2 cm³/mol. The Morgan fingerprint density at radius 3 is 2.73 bits per heavy atom. The topological polar surface area (TPSA) is 66.9 Å². The summed E-state index contributed by atoms with van der Waals surface area (Å²) >= 11 is 5.69. The molecule has 5 heteroatoms. The molecule has 0 aliphatic rings. The Morgan fingerprint density at radius 2 is 2.27 bits per heavy atom. The number of nitrogens with zero attached hydrogens (tertiary/aromatic N) is 1. The Bertz CT molecular complexity index is 477. The number of nitrogens with two attached hydrogens (primary N) is 1. The Labute approximate surface area is 90.6 Å². The van der Waals surface area contributed by atoms with E-state index in [4.69, 9.17) is 22.6 Å². The number of nitriles is 1. The molecule has 0 fully saturated rings. The zero-order valence-electron chi connectivity index (χ0n) is 7.50. The molecular formula is C10H6ClFN2O. The molecule has 3 nitrogen and oxygen atoms in total. The normalized spacial score (nSPS) is 10.9. The van der Waals surface area contributed by atoms with Crippen LogP contribution in [-0.4, -0.2) is 5.91 Å². The highest BCUT2D eigenvalue weighted by Gasteiger charge is 2.05. The number of hydrogen-bond donors (Lipinski definition) is 1. The van der Waals surface area contributed by atoms with Gasteiger partial charge in [-0.2, -0.15) is 5.26 Å². The van der Waals surface area contributed by atoms with Crippen LogP contribution < -0.4 is 5.73 Å². The summed E-state index contributed by atoms with van der Waals surface area (Å²) in [5.74, 6) is -1.34. The van der Waals surface area contributed by atoms with Gasteiger partial charge in [0.15, 0.2) is 0 Å². The molecule has 2 N–H and O–H groups in total. The number of benzene rings is 1. The average Bonchev–Trinajstić information content (AvgIpc) is 2.16. The zero-order chi connectivity index (χ0) is 11.4. The van der Waals surface area contributed by atoms with E-state index in [9.17, 15) is 9.18 Å². The van der Waals surface area contributed by atoms with Crippen molar-refractivity contribution in [2.24, 2.45) is 5.73 Å². The Hall–Kier alpha value is -1.86. The molecule has 1 aromatic rings.